The fourth-order valence-electron chi connectivity index (χ4n) is 1.13. The van der Waals surface area contributed by atoms with E-state index >= 15 is 0 Å². The van der Waals surface area contributed by atoms with E-state index in [1.54, 1.807) is 0 Å². The quantitative estimate of drug-likeness (QED) is 0.912. The van der Waals surface area contributed by atoms with Crippen molar-refractivity contribution >= 4 is 44.6 Å². The maximum atomic E-state index is 5.53. The molecule has 0 fully saturated rings. The van der Waals surface area contributed by atoms with Crippen LogP contribution >= 0.6 is 27.3 Å². The van der Waals surface area contributed by atoms with Gasteiger partial charge >= 0.3 is 0 Å². The first-order valence-corrected chi connectivity index (χ1v) is 6.06. The van der Waals surface area contributed by atoms with Crippen LogP contribution < -0.4 is 5.73 Å². The van der Waals surface area contributed by atoms with Crippen LogP contribution in [-0.4, -0.2) is 4.98 Å². The average Bonchev–Trinajstić information content (AvgIpc) is 2.64. The van der Waals surface area contributed by atoms with Crippen molar-refractivity contribution in [1.29, 1.82) is 0 Å². The molecule has 76 valence electrons. The Kier molecular flexibility index (Phi) is 3.18. The van der Waals surface area contributed by atoms with Crippen LogP contribution in [-0.2, 0) is 0 Å². The molecule has 4 heteroatoms. The topological polar surface area (TPSA) is 38.9 Å². The Hall–Kier alpha value is -1.13. The molecule has 2 nitrogen and oxygen atoms in total. The Morgan fingerprint density at radius 2 is 1.93 bits per heavy atom. The summed E-state index contributed by atoms with van der Waals surface area (Å²) in [7, 11) is 0. The van der Waals surface area contributed by atoms with Gasteiger partial charge in [0.05, 0.1) is 5.69 Å². The van der Waals surface area contributed by atoms with E-state index in [9.17, 15) is 0 Å². The SMILES string of the molecule is Nc1nc(C=Cc2ccc(Br)cc2)cs1. The van der Waals surface area contributed by atoms with Gasteiger partial charge in [0.1, 0.15) is 0 Å². The highest BCUT2D eigenvalue weighted by Gasteiger charge is 1.93. The maximum Gasteiger partial charge on any atom is 0.180 e. The van der Waals surface area contributed by atoms with Gasteiger partial charge in [0.25, 0.3) is 0 Å². The number of hydrogen-bond acceptors (Lipinski definition) is 3. The molecule has 0 saturated carbocycles. The first kappa shape index (κ1) is 10.4. The van der Waals surface area contributed by atoms with Gasteiger partial charge in [-0.05, 0) is 23.8 Å². The number of halogens is 1. The Balaban J connectivity index is 2.14. The molecule has 0 bridgehead atoms. The zero-order valence-electron chi connectivity index (χ0n) is 7.85. The number of thiazole rings is 1. The zero-order chi connectivity index (χ0) is 10.7. The van der Waals surface area contributed by atoms with Crippen molar-refractivity contribution in [2.75, 3.05) is 5.73 Å². The third-order valence-electron chi connectivity index (χ3n) is 1.86. The summed E-state index contributed by atoms with van der Waals surface area (Å²) in [5, 5.41) is 2.54. The molecule has 2 rings (SSSR count). The molecule has 0 unspecified atom stereocenters. The van der Waals surface area contributed by atoms with Crippen LogP contribution in [0.2, 0.25) is 0 Å². The number of aromatic nitrogens is 1. The number of nitrogens with zero attached hydrogens (tertiary/aromatic N) is 1. The second kappa shape index (κ2) is 4.59. The fourth-order valence-corrected chi connectivity index (χ4v) is 1.93. The van der Waals surface area contributed by atoms with Crippen LogP contribution in [0, 0.1) is 0 Å². The molecule has 0 radical (unpaired) electrons. The van der Waals surface area contributed by atoms with Gasteiger partial charge in [-0.2, -0.15) is 0 Å². The summed E-state index contributed by atoms with van der Waals surface area (Å²) < 4.78 is 1.08. The van der Waals surface area contributed by atoms with Gasteiger partial charge in [0.2, 0.25) is 0 Å². The molecular weight excluding hydrogens is 272 g/mol. The Morgan fingerprint density at radius 1 is 1.20 bits per heavy atom. The Labute approximate surface area is 101 Å². The molecule has 1 aromatic carbocycles. The fraction of sp³-hybridized carbons (Fsp3) is 0. The minimum atomic E-state index is 0.602. The van der Waals surface area contributed by atoms with Crippen molar-refractivity contribution < 1.29 is 0 Å². The molecule has 0 atom stereocenters. The highest BCUT2D eigenvalue weighted by atomic mass is 79.9. The molecule has 0 aliphatic heterocycles. The number of benzene rings is 1. The molecule has 1 heterocycles. The summed E-state index contributed by atoms with van der Waals surface area (Å²) in [5.74, 6) is 0. The predicted octanol–water partition coefficient (Wildman–Crippen LogP) is 3.66. The third-order valence-corrected chi connectivity index (χ3v) is 3.08. The zero-order valence-corrected chi connectivity index (χ0v) is 10.3. The van der Waals surface area contributed by atoms with Gasteiger partial charge in [-0.3, -0.25) is 0 Å². The first-order chi connectivity index (χ1) is 7.24. The number of nitrogen functional groups attached to an aromatic ring is 1. The summed E-state index contributed by atoms with van der Waals surface area (Å²) in [6.07, 6.45) is 3.97. The van der Waals surface area contributed by atoms with Crippen LogP contribution in [0.3, 0.4) is 0 Å². The van der Waals surface area contributed by atoms with Crippen molar-refractivity contribution in [3.8, 4) is 0 Å². The number of rotatable bonds is 2. The lowest BCUT2D eigenvalue weighted by Crippen LogP contribution is -1.80. The lowest BCUT2D eigenvalue weighted by Gasteiger charge is -1.92. The van der Waals surface area contributed by atoms with Gasteiger partial charge in [-0.25, -0.2) is 4.98 Å². The summed E-state index contributed by atoms with van der Waals surface area (Å²) >= 11 is 4.84. The van der Waals surface area contributed by atoms with Gasteiger partial charge in [-0.1, -0.05) is 34.1 Å². The second-order valence-electron chi connectivity index (χ2n) is 3.00. The molecule has 0 aliphatic carbocycles. The largest absolute Gasteiger partial charge is 0.375 e. The van der Waals surface area contributed by atoms with E-state index < -0.39 is 0 Å². The van der Waals surface area contributed by atoms with Crippen LogP contribution in [0.15, 0.2) is 34.1 Å². The third kappa shape index (κ3) is 2.91. The lowest BCUT2D eigenvalue weighted by molar-refractivity contribution is 1.39. The summed E-state index contributed by atoms with van der Waals surface area (Å²) in [4.78, 5) is 4.14. The minimum Gasteiger partial charge on any atom is -0.375 e. The minimum absolute atomic E-state index is 0.602. The number of nitrogens with two attached hydrogens (primary N) is 1. The van der Waals surface area contributed by atoms with Crippen molar-refractivity contribution in [3.63, 3.8) is 0 Å². The Bertz CT molecular complexity index is 474. The second-order valence-corrected chi connectivity index (χ2v) is 4.80. The number of hydrogen-bond donors (Lipinski definition) is 1. The molecule has 15 heavy (non-hydrogen) atoms. The van der Waals surface area contributed by atoms with Crippen LogP contribution in [0.4, 0.5) is 5.13 Å². The molecule has 0 amide bonds. The van der Waals surface area contributed by atoms with E-state index in [0.29, 0.717) is 5.13 Å². The van der Waals surface area contributed by atoms with Crippen molar-refractivity contribution in [1.82, 2.24) is 4.98 Å². The molecule has 1 aromatic heterocycles. The highest BCUT2D eigenvalue weighted by molar-refractivity contribution is 9.10. The van der Waals surface area contributed by atoms with Crippen LogP contribution in [0.25, 0.3) is 12.2 Å². The van der Waals surface area contributed by atoms with E-state index in [2.05, 4.69) is 20.9 Å². The predicted molar refractivity (Wildman–Crippen MR) is 69.6 cm³/mol. The van der Waals surface area contributed by atoms with E-state index in [-0.39, 0.29) is 0 Å². The van der Waals surface area contributed by atoms with Gasteiger partial charge in [-0.15, -0.1) is 11.3 Å². The molecule has 0 spiro atoms. The molecule has 2 N–H and O–H groups in total. The molecular formula is C11H9BrN2S. The summed E-state index contributed by atoms with van der Waals surface area (Å²) in [6.45, 7) is 0. The number of anilines is 1. The molecule has 0 aliphatic rings. The van der Waals surface area contributed by atoms with Gasteiger partial charge < -0.3 is 5.73 Å². The monoisotopic (exact) mass is 280 g/mol. The first-order valence-electron chi connectivity index (χ1n) is 4.39. The van der Waals surface area contributed by atoms with Crippen molar-refractivity contribution in [2.24, 2.45) is 0 Å². The van der Waals surface area contributed by atoms with Gasteiger partial charge in [0.15, 0.2) is 5.13 Å². The van der Waals surface area contributed by atoms with E-state index in [1.165, 1.54) is 11.3 Å². The van der Waals surface area contributed by atoms with E-state index in [4.69, 9.17) is 5.73 Å². The molecule has 0 saturated heterocycles. The van der Waals surface area contributed by atoms with Crippen molar-refractivity contribution in [3.05, 3.63) is 45.4 Å². The Morgan fingerprint density at radius 3 is 2.53 bits per heavy atom. The summed E-state index contributed by atoms with van der Waals surface area (Å²) in [6, 6.07) is 8.09. The van der Waals surface area contributed by atoms with E-state index in [1.807, 2.05) is 41.8 Å². The molecule has 2 aromatic rings. The average molecular weight is 281 g/mol. The summed E-state index contributed by atoms with van der Waals surface area (Å²) in [5.41, 5.74) is 7.58. The van der Waals surface area contributed by atoms with Gasteiger partial charge in [0, 0.05) is 9.85 Å². The van der Waals surface area contributed by atoms with Crippen molar-refractivity contribution in [2.45, 2.75) is 0 Å². The highest BCUT2D eigenvalue weighted by Crippen LogP contribution is 2.15. The lowest BCUT2D eigenvalue weighted by atomic mass is 10.2. The van der Waals surface area contributed by atoms with E-state index in [0.717, 1.165) is 15.7 Å². The van der Waals surface area contributed by atoms with Crippen LogP contribution in [0.5, 0.6) is 0 Å². The standard InChI is InChI=1S/C11H9BrN2S/c12-9-4-1-8(2-5-9)3-6-10-7-15-11(13)14-10/h1-7H,(H2,13,14). The van der Waals surface area contributed by atoms with Crippen LogP contribution in [0.1, 0.15) is 11.3 Å². The smallest absolute Gasteiger partial charge is 0.180 e. The maximum absolute atomic E-state index is 5.53. The normalized spacial score (nSPS) is 11.0.